The van der Waals surface area contributed by atoms with Crippen molar-refractivity contribution in [2.75, 3.05) is 19.5 Å². The van der Waals surface area contributed by atoms with Crippen molar-refractivity contribution in [3.8, 4) is 17.0 Å². The molecule has 0 aliphatic heterocycles. The predicted octanol–water partition coefficient (Wildman–Crippen LogP) is 3.06. The molecule has 0 amide bonds. The van der Waals surface area contributed by atoms with Crippen molar-refractivity contribution in [3.63, 3.8) is 0 Å². The maximum absolute atomic E-state index is 11.5. The maximum atomic E-state index is 11.5. The summed E-state index contributed by atoms with van der Waals surface area (Å²) in [6.45, 7) is 2.16. The molecule has 1 aromatic carbocycles. The zero-order chi connectivity index (χ0) is 16.9. The van der Waals surface area contributed by atoms with Crippen LogP contribution in [0.3, 0.4) is 0 Å². The van der Waals surface area contributed by atoms with Crippen molar-refractivity contribution in [1.29, 1.82) is 0 Å². The summed E-state index contributed by atoms with van der Waals surface area (Å²) in [4.78, 5) is 11.5. The molecule has 0 N–H and O–H groups in total. The third-order valence-corrected chi connectivity index (χ3v) is 4.34. The fourth-order valence-electron chi connectivity index (χ4n) is 2.39. The smallest absolute Gasteiger partial charge is 0.316 e. The van der Waals surface area contributed by atoms with Gasteiger partial charge in [0.2, 0.25) is 0 Å². The van der Waals surface area contributed by atoms with E-state index in [1.807, 2.05) is 47.0 Å². The Morgan fingerprint density at radius 3 is 2.83 bits per heavy atom. The van der Waals surface area contributed by atoms with E-state index < -0.39 is 0 Å². The van der Waals surface area contributed by atoms with E-state index >= 15 is 0 Å². The molecule has 0 saturated heterocycles. The number of hydrogen-bond donors (Lipinski definition) is 0. The van der Waals surface area contributed by atoms with Gasteiger partial charge in [-0.2, -0.15) is 0 Å². The number of para-hydroxylation sites is 1. The van der Waals surface area contributed by atoms with Gasteiger partial charge in [-0.25, -0.2) is 0 Å². The van der Waals surface area contributed by atoms with E-state index in [1.165, 1.54) is 11.8 Å². The Kier molecular flexibility index (Phi) is 5.00. The first-order valence-electron chi connectivity index (χ1n) is 7.50. The van der Waals surface area contributed by atoms with E-state index in [2.05, 4.69) is 10.2 Å². The minimum atomic E-state index is -0.265. The number of ether oxygens (including phenoxy) is 2. The first-order chi connectivity index (χ1) is 11.7. The number of carbonyl (C=O) groups is 1. The van der Waals surface area contributed by atoms with Gasteiger partial charge in [-0.1, -0.05) is 23.9 Å². The van der Waals surface area contributed by atoms with Crippen molar-refractivity contribution in [1.82, 2.24) is 14.6 Å². The third kappa shape index (κ3) is 3.21. The molecule has 7 heteroatoms. The standard InChI is InChI=1S/C17H17N3O3S/c1-3-23-15(21)11-24-17-19-18-16(13-8-6-10-20(13)17)12-7-4-5-9-14(12)22-2/h4-10H,3,11H2,1-2H3. The van der Waals surface area contributed by atoms with E-state index in [0.29, 0.717) is 11.8 Å². The number of esters is 1. The summed E-state index contributed by atoms with van der Waals surface area (Å²) >= 11 is 1.30. The van der Waals surface area contributed by atoms with Crippen molar-refractivity contribution >= 4 is 23.2 Å². The highest BCUT2D eigenvalue weighted by molar-refractivity contribution is 7.99. The second kappa shape index (κ2) is 7.35. The van der Waals surface area contributed by atoms with Gasteiger partial charge in [-0.3, -0.25) is 9.20 Å². The number of aromatic nitrogens is 3. The van der Waals surface area contributed by atoms with Gasteiger partial charge in [0, 0.05) is 11.8 Å². The van der Waals surface area contributed by atoms with Crippen LogP contribution in [0.4, 0.5) is 0 Å². The summed E-state index contributed by atoms with van der Waals surface area (Å²) in [7, 11) is 1.63. The Hall–Kier alpha value is -2.54. The van der Waals surface area contributed by atoms with Gasteiger partial charge >= 0.3 is 5.97 Å². The van der Waals surface area contributed by atoms with Crippen LogP contribution in [-0.2, 0) is 9.53 Å². The molecule has 0 bridgehead atoms. The Bertz CT molecular complexity index is 863. The predicted molar refractivity (Wildman–Crippen MR) is 92.3 cm³/mol. The number of hydrogen-bond acceptors (Lipinski definition) is 6. The number of fused-ring (bicyclic) bond motifs is 1. The van der Waals surface area contributed by atoms with Crippen LogP contribution in [0.1, 0.15) is 6.92 Å². The number of carbonyl (C=O) groups excluding carboxylic acids is 1. The van der Waals surface area contributed by atoms with Crippen LogP contribution in [0, 0.1) is 0 Å². The van der Waals surface area contributed by atoms with Gasteiger partial charge in [0.1, 0.15) is 11.4 Å². The zero-order valence-corrected chi connectivity index (χ0v) is 14.2. The van der Waals surface area contributed by atoms with Crippen LogP contribution < -0.4 is 4.74 Å². The van der Waals surface area contributed by atoms with Gasteiger partial charge in [0.25, 0.3) is 0 Å². The average Bonchev–Trinajstić information content (AvgIpc) is 3.10. The van der Waals surface area contributed by atoms with Gasteiger partial charge in [-0.05, 0) is 31.2 Å². The number of rotatable bonds is 6. The summed E-state index contributed by atoms with van der Waals surface area (Å²) in [5.41, 5.74) is 2.51. The molecular formula is C17H17N3O3S. The van der Waals surface area contributed by atoms with Crippen LogP contribution in [0.2, 0.25) is 0 Å². The van der Waals surface area contributed by atoms with Crippen molar-refractivity contribution in [2.24, 2.45) is 0 Å². The summed E-state index contributed by atoms with van der Waals surface area (Å²) in [6, 6.07) is 11.6. The van der Waals surface area contributed by atoms with Gasteiger partial charge in [0.15, 0.2) is 5.16 Å². The largest absolute Gasteiger partial charge is 0.496 e. The lowest BCUT2D eigenvalue weighted by Crippen LogP contribution is -2.08. The third-order valence-electron chi connectivity index (χ3n) is 3.42. The molecule has 0 radical (unpaired) electrons. The summed E-state index contributed by atoms with van der Waals surface area (Å²) in [6.07, 6.45) is 1.90. The van der Waals surface area contributed by atoms with Crippen LogP contribution in [0.15, 0.2) is 47.8 Å². The first kappa shape index (κ1) is 16.3. The second-order valence-corrected chi connectivity index (χ2v) is 5.83. The maximum Gasteiger partial charge on any atom is 0.316 e. The van der Waals surface area contributed by atoms with E-state index in [1.54, 1.807) is 14.0 Å². The monoisotopic (exact) mass is 343 g/mol. The van der Waals surface area contributed by atoms with E-state index in [9.17, 15) is 4.79 Å². The van der Waals surface area contributed by atoms with E-state index in [4.69, 9.17) is 9.47 Å². The average molecular weight is 343 g/mol. The highest BCUT2D eigenvalue weighted by Gasteiger charge is 2.15. The molecule has 2 heterocycles. The van der Waals surface area contributed by atoms with Crippen LogP contribution in [-0.4, -0.2) is 40.0 Å². The Labute approximate surface area is 143 Å². The molecule has 124 valence electrons. The molecular weight excluding hydrogens is 326 g/mol. The van der Waals surface area contributed by atoms with Crippen LogP contribution in [0.5, 0.6) is 5.75 Å². The Morgan fingerprint density at radius 2 is 2.04 bits per heavy atom. The quantitative estimate of drug-likeness (QED) is 0.506. The van der Waals surface area contributed by atoms with Crippen molar-refractivity contribution < 1.29 is 14.3 Å². The highest BCUT2D eigenvalue weighted by atomic mass is 32.2. The van der Waals surface area contributed by atoms with Crippen molar-refractivity contribution in [2.45, 2.75) is 12.1 Å². The number of methoxy groups -OCH3 is 1. The molecule has 24 heavy (non-hydrogen) atoms. The minimum absolute atomic E-state index is 0.198. The molecule has 0 atom stereocenters. The number of nitrogens with zero attached hydrogens (tertiary/aromatic N) is 3. The van der Waals surface area contributed by atoms with Crippen LogP contribution >= 0.6 is 11.8 Å². The fourth-order valence-corrected chi connectivity index (χ4v) is 3.12. The first-order valence-corrected chi connectivity index (χ1v) is 8.48. The molecule has 3 rings (SSSR count). The SMILES string of the molecule is CCOC(=O)CSc1nnc(-c2ccccc2OC)c2cccn12. The fraction of sp³-hybridized carbons (Fsp3) is 0.235. The van der Waals surface area contributed by atoms with Crippen molar-refractivity contribution in [3.05, 3.63) is 42.6 Å². The topological polar surface area (TPSA) is 65.7 Å². The van der Waals surface area contributed by atoms with Crippen LogP contribution in [0.25, 0.3) is 16.8 Å². The van der Waals surface area contributed by atoms with E-state index in [-0.39, 0.29) is 11.7 Å². The molecule has 0 spiro atoms. The lowest BCUT2D eigenvalue weighted by Gasteiger charge is -2.10. The Morgan fingerprint density at radius 1 is 1.21 bits per heavy atom. The van der Waals surface area contributed by atoms with Gasteiger partial charge in [-0.15, -0.1) is 10.2 Å². The highest BCUT2D eigenvalue weighted by Crippen LogP contribution is 2.32. The lowest BCUT2D eigenvalue weighted by molar-refractivity contribution is -0.139. The molecule has 0 aliphatic carbocycles. The zero-order valence-electron chi connectivity index (χ0n) is 13.4. The van der Waals surface area contributed by atoms with E-state index in [0.717, 1.165) is 22.5 Å². The second-order valence-electron chi connectivity index (χ2n) is 4.89. The molecule has 0 aliphatic rings. The summed E-state index contributed by atoms with van der Waals surface area (Å²) in [5.74, 6) is 0.671. The molecule has 0 saturated carbocycles. The lowest BCUT2D eigenvalue weighted by atomic mass is 10.1. The minimum Gasteiger partial charge on any atom is -0.496 e. The molecule has 2 aromatic heterocycles. The summed E-state index contributed by atoms with van der Waals surface area (Å²) in [5, 5.41) is 9.27. The van der Waals surface area contributed by atoms with Gasteiger partial charge in [0.05, 0.1) is 25.0 Å². The normalized spacial score (nSPS) is 10.8. The molecule has 0 unspecified atom stereocenters. The number of thioether (sulfide) groups is 1. The number of benzene rings is 1. The molecule has 6 nitrogen and oxygen atoms in total. The Balaban J connectivity index is 1.97. The summed E-state index contributed by atoms with van der Waals surface area (Å²) < 4.78 is 12.3. The molecule has 3 aromatic rings. The van der Waals surface area contributed by atoms with Gasteiger partial charge < -0.3 is 9.47 Å². The molecule has 0 fully saturated rings.